The van der Waals surface area contributed by atoms with Gasteiger partial charge in [-0.3, -0.25) is 4.99 Å². The summed E-state index contributed by atoms with van der Waals surface area (Å²) in [7, 11) is 0. The zero-order valence-corrected chi connectivity index (χ0v) is 14.6. The lowest BCUT2D eigenvalue weighted by atomic mass is 10.1. The number of hydrogen-bond acceptors (Lipinski definition) is 2. The Morgan fingerprint density at radius 3 is 2.36 bits per heavy atom. The van der Waals surface area contributed by atoms with Crippen molar-refractivity contribution < 1.29 is 4.74 Å². The molecule has 1 atom stereocenters. The van der Waals surface area contributed by atoms with Crippen molar-refractivity contribution >= 4 is 5.96 Å². The molecule has 0 aromatic heterocycles. The van der Waals surface area contributed by atoms with Gasteiger partial charge in [-0.25, -0.2) is 0 Å². The molecule has 0 aliphatic heterocycles. The summed E-state index contributed by atoms with van der Waals surface area (Å²) in [6.45, 7) is 12.1. The smallest absolute Gasteiger partial charge is 0.191 e. The molecule has 0 heterocycles. The molecule has 2 N–H and O–H groups in total. The molecule has 4 heteroatoms. The van der Waals surface area contributed by atoms with E-state index in [0.29, 0.717) is 6.04 Å². The van der Waals surface area contributed by atoms with Crippen LogP contribution in [0.15, 0.2) is 29.3 Å². The van der Waals surface area contributed by atoms with Crippen LogP contribution in [0.4, 0.5) is 0 Å². The van der Waals surface area contributed by atoms with E-state index in [1.807, 2.05) is 26.0 Å². The SMILES string of the molecule is CCNC(=NCCc1ccc(OC(C)C)cc1)NC(C)CC. The second-order valence-electron chi connectivity index (χ2n) is 5.77. The molecule has 0 saturated carbocycles. The predicted molar refractivity (Wildman–Crippen MR) is 94.8 cm³/mol. The lowest BCUT2D eigenvalue weighted by Gasteiger charge is -2.16. The van der Waals surface area contributed by atoms with Crippen LogP contribution in [0, 0.1) is 0 Å². The predicted octanol–water partition coefficient (Wildman–Crippen LogP) is 3.37. The van der Waals surface area contributed by atoms with Crippen LogP contribution in [-0.2, 0) is 6.42 Å². The first-order chi connectivity index (χ1) is 10.5. The van der Waals surface area contributed by atoms with Gasteiger partial charge >= 0.3 is 0 Å². The largest absolute Gasteiger partial charge is 0.491 e. The van der Waals surface area contributed by atoms with Gasteiger partial charge in [-0.05, 0) is 58.2 Å². The summed E-state index contributed by atoms with van der Waals surface area (Å²) < 4.78 is 5.65. The maximum atomic E-state index is 5.65. The van der Waals surface area contributed by atoms with Crippen LogP contribution in [0.3, 0.4) is 0 Å². The van der Waals surface area contributed by atoms with Gasteiger partial charge in [-0.15, -0.1) is 0 Å². The number of rotatable bonds is 8. The normalized spacial score (nSPS) is 13.1. The maximum absolute atomic E-state index is 5.65. The molecule has 4 nitrogen and oxygen atoms in total. The zero-order chi connectivity index (χ0) is 16.4. The molecular formula is C18H31N3O. The van der Waals surface area contributed by atoms with Crippen molar-refractivity contribution in [1.29, 1.82) is 0 Å². The van der Waals surface area contributed by atoms with Crippen LogP contribution in [-0.4, -0.2) is 31.2 Å². The van der Waals surface area contributed by atoms with E-state index in [-0.39, 0.29) is 6.10 Å². The van der Waals surface area contributed by atoms with Gasteiger partial charge in [0.15, 0.2) is 5.96 Å². The molecule has 124 valence electrons. The van der Waals surface area contributed by atoms with Crippen molar-refractivity contribution in [2.45, 2.75) is 59.6 Å². The third-order valence-electron chi connectivity index (χ3n) is 3.31. The molecule has 1 rings (SSSR count). The first kappa shape index (κ1) is 18.3. The molecule has 1 unspecified atom stereocenters. The van der Waals surface area contributed by atoms with Gasteiger partial charge in [-0.1, -0.05) is 19.1 Å². The second kappa shape index (κ2) is 10.1. The van der Waals surface area contributed by atoms with Crippen LogP contribution >= 0.6 is 0 Å². The van der Waals surface area contributed by atoms with Gasteiger partial charge in [0.25, 0.3) is 0 Å². The number of aliphatic imine (C=N–C) groups is 1. The van der Waals surface area contributed by atoms with E-state index >= 15 is 0 Å². The molecule has 22 heavy (non-hydrogen) atoms. The van der Waals surface area contributed by atoms with E-state index in [1.54, 1.807) is 0 Å². The van der Waals surface area contributed by atoms with Crippen LogP contribution < -0.4 is 15.4 Å². The van der Waals surface area contributed by atoms with Crippen molar-refractivity contribution in [2.24, 2.45) is 4.99 Å². The fourth-order valence-corrected chi connectivity index (χ4v) is 1.96. The molecule has 0 bridgehead atoms. The van der Waals surface area contributed by atoms with Gasteiger partial charge in [-0.2, -0.15) is 0 Å². The third kappa shape index (κ3) is 7.34. The molecule has 1 aromatic rings. The molecular weight excluding hydrogens is 274 g/mol. The van der Waals surface area contributed by atoms with E-state index in [4.69, 9.17) is 4.74 Å². The summed E-state index contributed by atoms with van der Waals surface area (Å²) in [5.74, 6) is 1.82. The van der Waals surface area contributed by atoms with Gasteiger partial charge in [0.2, 0.25) is 0 Å². The van der Waals surface area contributed by atoms with Gasteiger partial charge in [0.05, 0.1) is 6.10 Å². The molecule has 0 radical (unpaired) electrons. The monoisotopic (exact) mass is 305 g/mol. The van der Waals surface area contributed by atoms with E-state index < -0.39 is 0 Å². The number of guanidine groups is 1. The Morgan fingerprint density at radius 1 is 1.14 bits per heavy atom. The lowest BCUT2D eigenvalue weighted by molar-refractivity contribution is 0.242. The number of ether oxygens (including phenoxy) is 1. The summed E-state index contributed by atoms with van der Waals surface area (Å²) >= 11 is 0. The highest BCUT2D eigenvalue weighted by Gasteiger charge is 2.02. The molecule has 0 fully saturated rings. The van der Waals surface area contributed by atoms with Crippen molar-refractivity contribution in [2.75, 3.05) is 13.1 Å². The van der Waals surface area contributed by atoms with Crippen molar-refractivity contribution in [3.05, 3.63) is 29.8 Å². The fourth-order valence-electron chi connectivity index (χ4n) is 1.96. The van der Waals surface area contributed by atoms with Crippen LogP contribution in [0.25, 0.3) is 0 Å². The second-order valence-corrected chi connectivity index (χ2v) is 5.77. The first-order valence-corrected chi connectivity index (χ1v) is 8.35. The van der Waals surface area contributed by atoms with Crippen LogP contribution in [0.5, 0.6) is 5.75 Å². The van der Waals surface area contributed by atoms with E-state index in [0.717, 1.165) is 37.6 Å². The molecule has 0 spiro atoms. The van der Waals surface area contributed by atoms with Crippen molar-refractivity contribution in [1.82, 2.24) is 10.6 Å². The average molecular weight is 305 g/mol. The van der Waals surface area contributed by atoms with Gasteiger partial charge in [0, 0.05) is 19.1 Å². The van der Waals surface area contributed by atoms with Gasteiger partial charge < -0.3 is 15.4 Å². The maximum Gasteiger partial charge on any atom is 0.191 e. The molecule has 0 aliphatic carbocycles. The number of nitrogens with one attached hydrogen (secondary N) is 2. The Labute approximate surface area is 135 Å². The Bertz CT molecular complexity index is 440. The first-order valence-electron chi connectivity index (χ1n) is 8.35. The number of hydrogen-bond donors (Lipinski definition) is 2. The summed E-state index contributed by atoms with van der Waals surface area (Å²) in [4.78, 5) is 4.63. The number of benzene rings is 1. The highest BCUT2D eigenvalue weighted by Crippen LogP contribution is 2.14. The van der Waals surface area contributed by atoms with E-state index in [9.17, 15) is 0 Å². The minimum Gasteiger partial charge on any atom is -0.491 e. The third-order valence-corrected chi connectivity index (χ3v) is 3.31. The Hall–Kier alpha value is -1.71. The summed E-state index contributed by atoms with van der Waals surface area (Å²) in [6, 6.07) is 8.72. The van der Waals surface area contributed by atoms with Gasteiger partial charge in [0.1, 0.15) is 5.75 Å². The average Bonchev–Trinajstić information content (AvgIpc) is 2.48. The quantitative estimate of drug-likeness (QED) is 0.572. The van der Waals surface area contributed by atoms with E-state index in [2.05, 4.69) is 48.5 Å². The highest BCUT2D eigenvalue weighted by atomic mass is 16.5. The number of nitrogens with zero attached hydrogens (tertiary/aromatic N) is 1. The summed E-state index contributed by atoms with van der Waals surface area (Å²) in [5.41, 5.74) is 1.28. The Morgan fingerprint density at radius 2 is 1.82 bits per heavy atom. The highest BCUT2D eigenvalue weighted by molar-refractivity contribution is 5.80. The Kier molecular flexibility index (Phi) is 8.41. The molecule has 1 aromatic carbocycles. The fraction of sp³-hybridized carbons (Fsp3) is 0.611. The molecule has 0 saturated heterocycles. The van der Waals surface area contributed by atoms with Crippen molar-refractivity contribution in [3.63, 3.8) is 0 Å². The zero-order valence-electron chi connectivity index (χ0n) is 14.6. The standard InChI is InChI=1S/C18H31N3O/c1-6-15(5)21-18(19-7-2)20-13-12-16-8-10-17(11-9-16)22-14(3)4/h8-11,14-15H,6-7,12-13H2,1-5H3,(H2,19,20,21). The van der Waals surface area contributed by atoms with Crippen LogP contribution in [0.1, 0.15) is 46.6 Å². The molecule has 0 amide bonds. The summed E-state index contributed by atoms with van der Waals surface area (Å²) in [6.07, 6.45) is 2.23. The lowest BCUT2D eigenvalue weighted by Crippen LogP contribution is -2.42. The van der Waals surface area contributed by atoms with Crippen molar-refractivity contribution in [3.8, 4) is 5.75 Å². The molecule has 0 aliphatic rings. The Balaban J connectivity index is 2.50. The topological polar surface area (TPSA) is 45.7 Å². The minimum absolute atomic E-state index is 0.213. The summed E-state index contributed by atoms with van der Waals surface area (Å²) in [5, 5.41) is 6.69. The minimum atomic E-state index is 0.213. The van der Waals surface area contributed by atoms with Crippen LogP contribution in [0.2, 0.25) is 0 Å². The van der Waals surface area contributed by atoms with E-state index in [1.165, 1.54) is 5.56 Å².